The number of hydrogen-bond donors (Lipinski definition) is 2. The Balaban J connectivity index is 1.97. The molecule has 0 heterocycles. The van der Waals surface area contributed by atoms with Gasteiger partial charge in [-0.3, -0.25) is 13.9 Å². The molecule has 0 fully saturated rings. The zero-order valence-corrected chi connectivity index (χ0v) is 17.8. The van der Waals surface area contributed by atoms with E-state index in [4.69, 9.17) is 10.5 Å². The van der Waals surface area contributed by atoms with Crippen molar-refractivity contribution in [1.82, 2.24) is 5.43 Å². The molecule has 0 saturated carbocycles. The second-order valence-electron chi connectivity index (χ2n) is 5.87. The Kier molecular flexibility index (Phi) is 7.74. The van der Waals surface area contributed by atoms with Crippen LogP contribution in [0.25, 0.3) is 0 Å². The number of benzene rings is 2. The molecule has 2 aromatic rings. The van der Waals surface area contributed by atoms with Crippen molar-refractivity contribution in [2.45, 2.75) is 0 Å². The van der Waals surface area contributed by atoms with Crippen molar-refractivity contribution in [2.75, 3.05) is 23.7 Å². The number of amides is 2. The van der Waals surface area contributed by atoms with Gasteiger partial charge in [0, 0.05) is 4.47 Å². The van der Waals surface area contributed by atoms with Crippen LogP contribution in [0.15, 0.2) is 58.1 Å². The molecule has 0 aliphatic rings. The molecule has 29 heavy (non-hydrogen) atoms. The Hall–Kier alpha value is -2.92. The molecule has 0 radical (unpaired) electrons. The Bertz CT molecular complexity index is 1010. The number of carbonyl (C=O) groups excluding carboxylic acids is 2. The van der Waals surface area contributed by atoms with E-state index in [1.807, 2.05) is 0 Å². The zero-order chi connectivity index (χ0) is 21.4. The topological polar surface area (TPSA) is 131 Å². The second-order valence-corrected chi connectivity index (χ2v) is 8.69. The number of carbonyl (C=O) groups is 2. The fourth-order valence-corrected chi connectivity index (χ4v) is 3.42. The normalized spacial score (nSPS) is 11.2. The maximum absolute atomic E-state index is 12.1. The first-order chi connectivity index (χ1) is 13.6. The van der Waals surface area contributed by atoms with E-state index in [-0.39, 0.29) is 6.61 Å². The minimum Gasteiger partial charge on any atom is -0.484 e. The van der Waals surface area contributed by atoms with E-state index < -0.39 is 28.4 Å². The smallest absolute Gasteiger partial charge is 0.260 e. The number of nitrogens with two attached hydrogens (primary N) is 1. The Morgan fingerprint density at radius 3 is 2.52 bits per heavy atom. The third kappa shape index (κ3) is 7.54. The summed E-state index contributed by atoms with van der Waals surface area (Å²) in [4.78, 5) is 22.8. The molecule has 0 bridgehead atoms. The molecule has 3 N–H and O–H groups in total. The zero-order valence-electron chi connectivity index (χ0n) is 15.4. The number of sulfonamides is 1. The lowest BCUT2D eigenvalue weighted by Crippen LogP contribution is -2.39. The van der Waals surface area contributed by atoms with Gasteiger partial charge in [0.05, 0.1) is 18.2 Å². The predicted octanol–water partition coefficient (Wildman–Crippen LogP) is 1.23. The lowest BCUT2D eigenvalue weighted by molar-refractivity contribution is -0.120. The maximum Gasteiger partial charge on any atom is 0.260 e. The van der Waals surface area contributed by atoms with Gasteiger partial charge in [-0.1, -0.05) is 22.0 Å². The number of halogens is 1. The van der Waals surface area contributed by atoms with E-state index in [0.717, 1.165) is 10.6 Å². The van der Waals surface area contributed by atoms with E-state index in [2.05, 4.69) is 26.5 Å². The van der Waals surface area contributed by atoms with E-state index in [1.54, 1.807) is 48.5 Å². The molecule has 2 aromatic carbocycles. The molecule has 0 aliphatic heterocycles. The summed E-state index contributed by atoms with van der Waals surface area (Å²) in [6.07, 6.45) is 2.41. The van der Waals surface area contributed by atoms with Gasteiger partial charge in [-0.2, -0.15) is 5.10 Å². The van der Waals surface area contributed by atoms with Gasteiger partial charge >= 0.3 is 0 Å². The summed E-state index contributed by atoms with van der Waals surface area (Å²) in [5.74, 6) is -0.722. The largest absolute Gasteiger partial charge is 0.484 e. The lowest BCUT2D eigenvalue weighted by Gasteiger charge is -2.21. The third-order valence-electron chi connectivity index (χ3n) is 3.45. The number of primary amides is 1. The van der Waals surface area contributed by atoms with Gasteiger partial charge in [-0.05, 0) is 48.0 Å². The first-order valence-electron chi connectivity index (χ1n) is 8.21. The molecule has 9 nitrogen and oxygen atoms in total. The number of nitrogens with one attached hydrogen (secondary N) is 1. The van der Waals surface area contributed by atoms with Crippen LogP contribution in [-0.2, 0) is 19.6 Å². The van der Waals surface area contributed by atoms with Crippen molar-refractivity contribution in [2.24, 2.45) is 10.8 Å². The van der Waals surface area contributed by atoms with Crippen LogP contribution in [0.2, 0.25) is 0 Å². The van der Waals surface area contributed by atoms with Gasteiger partial charge in [0.15, 0.2) is 6.61 Å². The number of anilines is 1. The van der Waals surface area contributed by atoms with Crippen LogP contribution >= 0.6 is 15.9 Å². The summed E-state index contributed by atoms with van der Waals surface area (Å²) in [6.45, 7) is -0.648. The van der Waals surface area contributed by atoms with Crippen molar-refractivity contribution < 1.29 is 22.7 Å². The fraction of sp³-hybridized carbons (Fsp3) is 0.167. The standard InChI is InChI=1S/C18H19BrN4O5S/c1-29(26,27)23(15-4-2-3-14(19)9-15)11-18(25)22-21-10-13-5-7-16(8-6-13)28-12-17(20)24/h2-10H,11-12H2,1H3,(H2,20,24)(H,22,25)/b21-10-. The number of hydrazone groups is 1. The van der Waals surface area contributed by atoms with Gasteiger partial charge < -0.3 is 10.5 Å². The quantitative estimate of drug-likeness (QED) is 0.409. The molecule has 2 rings (SSSR count). The summed E-state index contributed by atoms with van der Waals surface area (Å²) in [7, 11) is -3.67. The Labute approximate surface area is 176 Å². The summed E-state index contributed by atoms with van der Waals surface area (Å²) in [6, 6.07) is 13.2. The summed E-state index contributed by atoms with van der Waals surface area (Å²) < 4.78 is 30.9. The number of hydrogen-bond acceptors (Lipinski definition) is 6. The molecule has 11 heteroatoms. The van der Waals surface area contributed by atoms with Crippen LogP contribution in [-0.4, -0.2) is 45.9 Å². The van der Waals surface area contributed by atoms with Gasteiger partial charge in [0.2, 0.25) is 10.0 Å². The van der Waals surface area contributed by atoms with Gasteiger partial charge in [-0.25, -0.2) is 13.8 Å². The molecule has 154 valence electrons. The molecule has 2 amide bonds. The average molecular weight is 483 g/mol. The van der Waals surface area contributed by atoms with Crippen molar-refractivity contribution in [3.8, 4) is 5.75 Å². The molecule has 0 aliphatic carbocycles. The van der Waals surface area contributed by atoms with Crippen LogP contribution in [0.4, 0.5) is 5.69 Å². The fourth-order valence-electron chi connectivity index (χ4n) is 2.18. The van der Waals surface area contributed by atoms with Crippen LogP contribution < -0.4 is 20.2 Å². The lowest BCUT2D eigenvalue weighted by atomic mass is 10.2. The highest BCUT2D eigenvalue weighted by Crippen LogP contribution is 2.21. The summed E-state index contributed by atoms with van der Waals surface area (Å²) in [5.41, 5.74) is 8.30. The monoisotopic (exact) mass is 482 g/mol. The third-order valence-corrected chi connectivity index (χ3v) is 5.08. The van der Waals surface area contributed by atoms with E-state index in [9.17, 15) is 18.0 Å². The van der Waals surface area contributed by atoms with Crippen molar-refractivity contribution in [3.63, 3.8) is 0 Å². The molecule has 0 aromatic heterocycles. The maximum atomic E-state index is 12.1. The Morgan fingerprint density at radius 1 is 1.24 bits per heavy atom. The van der Waals surface area contributed by atoms with E-state index in [1.165, 1.54) is 6.21 Å². The minimum absolute atomic E-state index is 0.224. The minimum atomic E-state index is -3.67. The number of nitrogens with zero attached hydrogens (tertiary/aromatic N) is 2. The van der Waals surface area contributed by atoms with Crippen molar-refractivity contribution in [1.29, 1.82) is 0 Å². The molecule has 0 saturated heterocycles. The van der Waals surface area contributed by atoms with E-state index in [0.29, 0.717) is 21.5 Å². The predicted molar refractivity (Wildman–Crippen MR) is 113 cm³/mol. The van der Waals surface area contributed by atoms with Gasteiger partial charge in [0.25, 0.3) is 11.8 Å². The number of rotatable bonds is 9. The van der Waals surface area contributed by atoms with E-state index >= 15 is 0 Å². The average Bonchev–Trinajstić information content (AvgIpc) is 2.64. The first kappa shape index (κ1) is 22.4. The van der Waals surface area contributed by atoms with Crippen LogP contribution in [0.3, 0.4) is 0 Å². The van der Waals surface area contributed by atoms with Crippen LogP contribution in [0, 0.1) is 0 Å². The SMILES string of the molecule is CS(=O)(=O)N(CC(=O)N/N=C\c1ccc(OCC(N)=O)cc1)c1cccc(Br)c1. The van der Waals surface area contributed by atoms with Gasteiger partial charge in [0.1, 0.15) is 12.3 Å². The number of ether oxygens (including phenoxy) is 1. The van der Waals surface area contributed by atoms with Crippen LogP contribution in [0.5, 0.6) is 5.75 Å². The highest BCUT2D eigenvalue weighted by atomic mass is 79.9. The summed E-state index contributed by atoms with van der Waals surface area (Å²) >= 11 is 3.28. The summed E-state index contributed by atoms with van der Waals surface area (Å²) in [5, 5.41) is 3.82. The Morgan fingerprint density at radius 2 is 1.93 bits per heavy atom. The second kappa shape index (κ2) is 10.0. The van der Waals surface area contributed by atoms with Crippen molar-refractivity contribution in [3.05, 3.63) is 58.6 Å². The molecular weight excluding hydrogens is 464 g/mol. The molecule has 0 unspecified atom stereocenters. The van der Waals surface area contributed by atoms with Crippen molar-refractivity contribution >= 4 is 49.7 Å². The molecular formula is C18H19BrN4O5S. The first-order valence-corrected chi connectivity index (χ1v) is 10.9. The molecule has 0 spiro atoms. The highest BCUT2D eigenvalue weighted by Gasteiger charge is 2.20. The van der Waals surface area contributed by atoms with Gasteiger partial charge in [-0.15, -0.1) is 0 Å². The highest BCUT2D eigenvalue weighted by molar-refractivity contribution is 9.10. The van der Waals surface area contributed by atoms with Crippen LogP contribution in [0.1, 0.15) is 5.56 Å². The molecule has 0 atom stereocenters.